The maximum Gasteiger partial charge on any atom is 0.172 e. The van der Waals surface area contributed by atoms with Gasteiger partial charge in [-0.2, -0.15) is 0 Å². The molecule has 1 aromatic carbocycles. The standard InChI is InChI=1S/C10H9ClO2S/c1-2-13-6-3-8(11)7-5-10(12)14-9(7)4-6/h3-5,12H,2H2,1H3. The molecule has 0 amide bonds. The number of thiophene rings is 1. The third kappa shape index (κ3) is 1.65. The fourth-order valence-electron chi connectivity index (χ4n) is 1.31. The van der Waals surface area contributed by atoms with Crippen LogP contribution in [0.3, 0.4) is 0 Å². The predicted molar refractivity (Wildman–Crippen MR) is 59.7 cm³/mol. The van der Waals surface area contributed by atoms with Gasteiger partial charge in [0.25, 0.3) is 0 Å². The van der Waals surface area contributed by atoms with E-state index in [9.17, 15) is 5.11 Å². The van der Waals surface area contributed by atoms with Crippen LogP contribution in [0.2, 0.25) is 5.02 Å². The van der Waals surface area contributed by atoms with Gasteiger partial charge in [-0.3, -0.25) is 0 Å². The van der Waals surface area contributed by atoms with Gasteiger partial charge in [0.1, 0.15) is 5.75 Å². The van der Waals surface area contributed by atoms with Gasteiger partial charge in [-0.15, -0.1) is 0 Å². The van der Waals surface area contributed by atoms with E-state index in [1.54, 1.807) is 12.1 Å². The van der Waals surface area contributed by atoms with Crippen molar-refractivity contribution in [1.82, 2.24) is 0 Å². The van der Waals surface area contributed by atoms with Crippen molar-refractivity contribution in [3.8, 4) is 10.8 Å². The molecule has 0 unspecified atom stereocenters. The smallest absolute Gasteiger partial charge is 0.172 e. The normalized spacial score (nSPS) is 10.7. The second-order valence-corrected chi connectivity index (χ2v) is 4.30. The summed E-state index contributed by atoms with van der Waals surface area (Å²) in [5.74, 6) is 0.742. The summed E-state index contributed by atoms with van der Waals surface area (Å²) in [4.78, 5) is 0. The number of hydrogen-bond acceptors (Lipinski definition) is 3. The molecule has 0 spiro atoms. The molecule has 2 rings (SSSR count). The number of rotatable bonds is 2. The van der Waals surface area contributed by atoms with E-state index in [1.807, 2.05) is 13.0 Å². The predicted octanol–water partition coefficient (Wildman–Crippen LogP) is 3.66. The maximum atomic E-state index is 9.32. The number of halogens is 1. The van der Waals surface area contributed by atoms with Crippen LogP contribution < -0.4 is 4.74 Å². The van der Waals surface area contributed by atoms with Crippen molar-refractivity contribution in [2.45, 2.75) is 6.92 Å². The topological polar surface area (TPSA) is 29.5 Å². The molecular formula is C10H9ClO2S. The lowest BCUT2D eigenvalue weighted by Gasteiger charge is -2.03. The number of hydrogen-bond donors (Lipinski definition) is 1. The Kier molecular flexibility index (Phi) is 2.52. The summed E-state index contributed by atoms with van der Waals surface area (Å²) in [6.45, 7) is 2.53. The van der Waals surface area contributed by atoms with Crippen molar-refractivity contribution in [2.24, 2.45) is 0 Å². The number of ether oxygens (including phenoxy) is 1. The van der Waals surface area contributed by atoms with Crippen molar-refractivity contribution in [3.63, 3.8) is 0 Å². The second kappa shape index (κ2) is 3.67. The number of aromatic hydroxyl groups is 1. The molecule has 4 heteroatoms. The maximum absolute atomic E-state index is 9.32. The summed E-state index contributed by atoms with van der Waals surface area (Å²) in [6, 6.07) is 5.31. The molecule has 0 aliphatic heterocycles. The quantitative estimate of drug-likeness (QED) is 0.850. The Labute approximate surface area is 90.7 Å². The van der Waals surface area contributed by atoms with Gasteiger partial charge in [0, 0.05) is 16.2 Å². The molecule has 74 valence electrons. The van der Waals surface area contributed by atoms with E-state index in [4.69, 9.17) is 16.3 Å². The molecule has 0 bridgehead atoms. The zero-order valence-electron chi connectivity index (χ0n) is 7.58. The van der Waals surface area contributed by atoms with Gasteiger partial charge in [0.2, 0.25) is 0 Å². The monoisotopic (exact) mass is 228 g/mol. The Balaban J connectivity index is 2.59. The van der Waals surface area contributed by atoms with Crippen molar-refractivity contribution in [2.75, 3.05) is 6.61 Å². The van der Waals surface area contributed by atoms with E-state index in [0.29, 0.717) is 11.6 Å². The first kappa shape index (κ1) is 9.62. The van der Waals surface area contributed by atoms with Gasteiger partial charge in [-0.25, -0.2) is 0 Å². The minimum Gasteiger partial charge on any atom is -0.499 e. The molecule has 0 saturated carbocycles. The lowest BCUT2D eigenvalue weighted by molar-refractivity contribution is 0.341. The van der Waals surface area contributed by atoms with E-state index in [1.165, 1.54) is 11.3 Å². The molecule has 1 N–H and O–H groups in total. The van der Waals surface area contributed by atoms with Crippen molar-refractivity contribution in [1.29, 1.82) is 0 Å². The highest BCUT2D eigenvalue weighted by atomic mass is 35.5. The molecule has 14 heavy (non-hydrogen) atoms. The van der Waals surface area contributed by atoms with E-state index >= 15 is 0 Å². The minimum atomic E-state index is 0.274. The first-order valence-corrected chi connectivity index (χ1v) is 5.45. The van der Waals surface area contributed by atoms with Crippen LogP contribution in [0, 0.1) is 0 Å². The molecule has 0 fully saturated rings. The summed E-state index contributed by atoms with van der Waals surface area (Å²) >= 11 is 7.32. The Hall–Kier alpha value is -0.930. The SMILES string of the molecule is CCOc1cc(Cl)c2cc(O)sc2c1. The molecular weight excluding hydrogens is 220 g/mol. The summed E-state index contributed by atoms with van der Waals surface area (Å²) < 4.78 is 6.29. The Morgan fingerprint density at radius 2 is 2.21 bits per heavy atom. The third-order valence-electron chi connectivity index (χ3n) is 1.86. The highest BCUT2D eigenvalue weighted by Crippen LogP contribution is 2.37. The second-order valence-electron chi connectivity index (χ2n) is 2.83. The Morgan fingerprint density at radius 3 is 2.93 bits per heavy atom. The largest absolute Gasteiger partial charge is 0.499 e. The average Bonchev–Trinajstić information content (AvgIpc) is 2.47. The number of fused-ring (bicyclic) bond motifs is 1. The summed E-state index contributed by atoms with van der Waals surface area (Å²) in [5.41, 5.74) is 0. The minimum absolute atomic E-state index is 0.274. The molecule has 2 aromatic rings. The molecule has 1 heterocycles. The Morgan fingerprint density at radius 1 is 1.43 bits per heavy atom. The van der Waals surface area contributed by atoms with Crippen molar-refractivity contribution >= 4 is 33.0 Å². The summed E-state index contributed by atoms with van der Waals surface area (Å²) in [6.07, 6.45) is 0. The van der Waals surface area contributed by atoms with Gasteiger partial charge in [-0.1, -0.05) is 22.9 Å². The fourth-order valence-corrected chi connectivity index (χ4v) is 2.49. The van der Waals surface area contributed by atoms with Crippen LogP contribution >= 0.6 is 22.9 Å². The molecule has 0 aliphatic carbocycles. The first-order chi connectivity index (χ1) is 6.70. The zero-order chi connectivity index (χ0) is 10.1. The van der Waals surface area contributed by atoms with Gasteiger partial charge in [0.15, 0.2) is 5.06 Å². The summed E-state index contributed by atoms with van der Waals surface area (Å²) in [7, 11) is 0. The highest BCUT2D eigenvalue weighted by molar-refractivity contribution is 7.20. The van der Waals surface area contributed by atoms with Gasteiger partial charge >= 0.3 is 0 Å². The molecule has 0 saturated heterocycles. The highest BCUT2D eigenvalue weighted by Gasteiger charge is 2.06. The van der Waals surface area contributed by atoms with Crippen LogP contribution in [0.15, 0.2) is 18.2 Å². The first-order valence-electron chi connectivity index (χ1n) is 4.25. The molecule has 0 aliphatic rings. The van der Waals surface area contributed by atoms with Crippen LogP contribution in [-0.2, 0) is 0 Å². The van der Waals surface area contributed by atoms with Gasteiger partial charge in [-0.05, 0) is 19.1 Å². The lowest BCUT2D eigenvalue weighted by Crippen LogP contribution is -1.90. The summed E-state index contributed by atoms with van der Waals surface area (Å²) in [5, 5.41) is 11.1. The van der Waals surface area contributed by atoms with E-state index in [2.05, 4.69) is 0 Å². The van der Waals surface area contributed by atoms with E-state index in [-0.39, 0.29) is 5.06 Å². The fraction of sp³-hybridized carbons (Fsp3) is 0.200. The van der Waals surface area contributed by atoms with Crippen LogP contribution in [0.25, 0.3) is 10.1 Å². The molecule has 0 radical (unpaired) electrons. The van der Waals surface area contributed by atoms with E-state index < -0.39 is 0 Å². The van der Waals surface area contributed by atoms with Crippen LogP contribution in [0.5, 0.6) is 10.8 Å². The van der Waals surface area contributed by atoms with Crippen molar-refractivity contribution in [3.05, 3.63) is 23.2 Å². The molecule has 2 nitrogen and oxygen atoms in total. The van der Waals surface area contributed by atoms with Crippen molar-refractivity contribution < 1.29 is 9.84 Å². The third-order valence-corrected chi connectivity index (χ3v) is 3.06. The van der Waals surface area contributed by atoms with E-state index in [0.717, 1.165) is 15.8 Å². The van der Waals surface area contributed by atoms with Gasteiger partial charge in [0.05, 0.1) is 11.6 Å². The van der Waals surface area contributed by atoms with Crippen LogP contribution in [0.4, 0.5) is 0 Å². The number of benzene rings is 1. The zero-order valence-corrected chi connectivity index (χ0v) is 9.15. The lowest BCUT2D eigenvalue weighted by atomic mass is 10.2. The van der Waals surface area contributed by atoms with Crippen LogP contribution in [-0.4, -0.2) is 11.7 Å². The Bertz CT molecular complexity index is 464. The molecule has 0 atom stereocenters. The molecule has 1 aromatic heterocycles. The van der Waals surface area contributed by atoms with Gasteiger partial charge < -0.3 is 9.84 Å². The van der Waals surface area contributed by atoms with Crippen LogP contribution in [0.1, 0.15) is 6.92 Å². The average molecular weight is 229 g/mol.